The lowest BCUT2D eigenvalue weighted by molar-refractivity contribution is -0.132. The number of carbonyl (C=O) groups excluding carboxylic acids is 1. The van der Waals surface area contributed by atoms with Gasteiger partial charge in [-0.25, -0.2) is 8.42 Å². The fourth-order valence-corrected chi connectivity index (χ4v) is 5.19. The van der Waals surface area contributed by atoms with Crippen molar-refractivity contribution in [1.82, 2.24) is 4.90 Å². The average molecular weight is 443 g/mol. The first-order chi connectivity index (χ1) is 14.7. The van der Waals surface area contributed by atoms with Crippen LogP contribution in [0.25, 0.3) is 0 Å². The highest BCUT2D eigenvalue weighted by molar-refractivity contribution is 7.92. The molecule has 0 saturated carbocycles. The van der Waals surface area contributed by atoms with Crippen LogP contribution in [0.1, 0.15) is 42.4 Å². The number of nitrogens with zero attached hydrogens (tertiary/aromatic N) is 2. The van der Waals surface area contributed by atoms with Crippen molar-refractivity contribution in [3.63, 3.8) is 0 Å². The van der Waals surface area contributed by atoms with Gasteiger partial charge in [0, 0.05) is 26.1 Å². The highest BCUT2D eigenvalue weighted by Crippen LogP contribution is 2.24. The van der Waals surface area contributed by atoms with Crippen LogP contribution in [-0.4, -0.2) is 45.1 Å². The Morgan fingerprint density at radius 2 is 1.71 bits per heavy atom. The van der Waals surface area contributed by atoms with E-state index in [0.29, 0.717) is 31.0 Å². The zero-order valence-electron chi connectivity index (χ0n) is 18.9. The van der Waals surface area contributed by atoms with Crippen LogP contribution in [0.2, 0.25) is 0 Å². The van der Waals surface area contributed by atoms with Crippen molar-refractivity contribution in [2.75, 3.05) is 30.2 Å². The summed E-state index contributed by atoms with van der Waals surface area (Å²) in [6.45, 7) is 5.89. The number of amides is 1. The number of benzene rings is 2. The Bertz CT molecular complexity index is 981. The van der Waals surface area contributed by atoms with Crippen LogP contribution in [0.15, 0.2) is 48.5 Å². The van der Waals surface area contributed by atoms with Gasteiger partial charge in [0.25, 0.3) is 0 Å². The third-order valence-electron chi connectivity index (χ3n) is 6.27. The monoisotopic (exact) mass is 442 g/mol. The average Bonchev–Trinajstić information content (AvgIpc) is 2.73. The van der Waals surface area contributed by atoms with Crippen LogP contribution >= 0.6 is 0 Å². The lowest BCUT2D eigenvalue weighted by Gasteiger charge is -2.32. The van der Waals surface area contributed by atoms with Crippen molar-refractivity contribution in [3.05, 3.63) is 65.2 Å². The molecule has 1 aliphatic heterocycles. The van der Waals surface area contributed by atoms with E-state index in [4.69, 9.17) is 0 Å². The predicted octanol–water partition coefficient (Wildman–Crippen LogP) is 4.33. The highest BCUT2D eigenvalue weighted by Gasteiger charge is 2.24. The van der Waals surface area contributed by atoms with Gasteiger partial charge in [0.15, 0.2) is 0 Å². The van der Waals surface area contributed by atoms with Gasteiger partial charge in [-0.05, 0) is 74.3 Å². The minimum Gasteiger partial charge on any atom is -0.343 e. The minimum atomic E-state index is -3.40. The number of aryl methyl sites for hydroxylation is 2. The maximum absolute atomic E-state index is 12.7. The van der Waals surface area contributed by atoms with Crippen LogP contribution in [-0.2, 0) is 21.2 Å². The van der Waals surface area contributed by atoms with E-state index in [1.54, 1.807) is 0 Å². The second kappa shape index (κ2) is 10.3. The molecule has 168 valence electrons. The van der Waals surface area contributed by atoms with Crippen LogP contribution in [0.3, 0.4) is 0 Å². The van der Waals surface area contributed by atoms with E-state index in [2.05, 4.69) is 24.3 Å². The van der Waals surface area contributed by atoms with Crippen molar-refractivity contribution in [2.24, 2.45) is 5.92 Å². The third-order valence-corrected chi connectivity index (χ3v) is 7.46. The Kier molecular flexibility index (Phi) is 7.76. The molecule has 2 aromatic rings. The van der Waals surface area contributed by atoms with E-state index in [1.165, 1.54) is 16.1 Å². The van der Waals surface area contributed by atoms with E-state index in [0.717, 1.165) is 43.5 Å². The Balaban J connectivity index is 1.49. The second-order valence-electron chi connectivity index (χ2n) is 8.72. The summed E-state index contributed by atoms with van der Waals surface area (Å²) in [5.74, 6) is 0.753. The number of anilines is 1. The smallest absolute Gasteiger partial charge is 0.232 e. The molecule has 0 spiro atoms. The summed E-state index contributed by atoms with van der Waals surface area (Å²) >= 11 is 0. The van der Waals surface area contributed by atoms with Crippen LogP contribution in [0, 0.1) is 19.8 Å². The van der Waals surface area contributed by atoms with Gasteiger partial charge in [-0.3, -0.25) is 9.10 Å². The molecule has 31 heavy (non-hydrogen) atoms. The normalized spacial score (nSPS) is 15.1. The molecule has 1 saturated heterocycles. The largest absolute Gasteiger partial charge is 0.343 e. The number of sulfonamides is 1. The van der Waals surface area contributed by atoms with E-state index in [9.17, 15) is 13.2 Å². The van der Waals surface area contributed by atoms with Gasteiger partial charge in [0.1, 0.15) is 0 Å². The van der Waals surface area contributed by atoms with Crippen molar-refractivity contribution < 1.29 is 13.2 Å². The zero-order chi connectivity index (χ0) is 22.4. The number of carbonyl (C=O) groups is 1. The van der Waals surface area contributed by atoms with Crippen molar-refractivity contribution in [3.8, 4) is 0 Å². The minimum absolute atomic E-state index is 0.131. The van der Waals surface area contributed by atoms with Crippen LogP contribution in [0.4, 0.5) is 5.69 Å². The van der Waals surface area contributed by atoms with Gasteiger partial charge in [-0.1, -0.05) is 36.4 Å². The molecule has 0 N–H and O–H groups in total. The number of hydrogen-bond acceptors (Lipinski definition) is 3. The Morgan fingerprint density at radius 1 is 1.03 bits per heavy atom. The molecule has 3 rings (SSSR count). The molecular formula is C25H34N2O3S. The van der Waals surface area contributed by atoms with E-state index in [1.807, 2.05) is 43.0 Å². The summed E-state index contributed by atoms with van der Waals surface area (Å²) in [4.78, 5) is 14.6. The van der Waals surface area contributed by atoms with E-state index in [-0.39, 0.29) is 5.91 Å². The molecule has 0 bridgehead atoms. The Labute approximate surface area is 187 Å². The fourth-order valence-electron chi connectivity index (χ4n) is 4.23. The third kappa shape index (κ3) is 6.57. The first kappa shape index (κ1) is 23.3. The van der Waals surface area contributed by atoms with Gasteiger partial charge in [0.2, 0.25) is 15.9 Å². The Morgan fingerprint density at radius 3 is 2.32 bits per heavy atom. The molecule has 0 unspecified atom stereocenters. The van der Waals surface area contributed by atoms with Crippen molar-refractivity contribution in [2.45, 2.75) is 46.0 Å². The molecule has 0 aliphatic carbocycles. The molecule has 1 fully saturated rings. The molecule has 0 atom stereocenters. The fraction of sp³-hybridized carbons (Fsp3) is 0.480. The van der Waals surface area contributed by atoms with Crippen LogP contribution in [0.5, 0.6) is 0 Å². The number of rotatable bonds is 8. The summed E-state index contributed by atoms with van der Waals surface area (Å²) in [6.07, 6.45) is 5.24. The number of likely N-dealkylation sites (tertiary alicyclic amines) is 1. The molecule has 1 heterocycles. The quantitative estimate of drug-likeness (QED) is 0.611. The molecule has 6 heteroatoms. The topological polar surface area (TPSA) is 57.7 Å². The van der Waals surface area contributed by atoms with Crippen molar-refractivity contribution >= 4 is 21.6 Å². The Hall–Kier alpha value is -2.34. The van der Waals surface area contributed by atoms with E-state index < -0.39 is 10.0 Å². The molecule has 5 nitrogen and oxygen atoms in total. The van der Waals surface area contributed by atoms with Crippen LogP contribution < -0.4 is 4.31 Å². The molecule has 1 aliphatic rings. The number of piperidine rings is 1. The summed E-state index contributed by atoms with van der Waals surface area (Å²) in [5.41, 5.74) is 4.21. The van der Waals surface area contributed by atoms with Gasteiger partial charge in [-0.2, -0.15) is 0 Å². The molecule has 1 amide bonds. The molecule has 0 radical (unpaired) electrons. The van der Waals surface area contributed by atoms with Gasteiger partial charge < -0.3 is 4.90 Å². The molecule has 2 aromatic carbocycles. The van der Waals surface area contributed by atoms with Gasteiger partial charge >= 0.3 is 0 Å². The number of hydrogen-bond donors (Lipinski definition) is 0. The summed E-state index contributed by atoms with van der Waals surface area (Å²) < 4.78 is 26.1. The highest BCUT2D eigenvalue weighted by atomic mass is 32.2. The molecule has 0 aromatic heterocycles. The first-order valence-corrected chi connectivity index (χ1v) is 13.0. The van der Waals surface area contributed by atoms with Gasteiger partial charge in [-0.15, -0.1) is 0 Å². The zero-order valence-corrected chi connectivity index (χ0v) is 19.7. The SMILES string of the molecule is Cc1ccc(N(CCCC(=O)N2CCC(Cc3ccccc3)CC2)S(C)(=O)=O)cc1C. The predicted molar refractivity (Wildman–Crippen MR) is 127 cm³/mol. The van der Waals surface area contributed by atoms with Crippen molar-refractivity contribution in [1.29, 1.82) is 0 Å². The lowest BCUT2D eigenvalue weighted by atomic mass is 9.90. The standard InChI is InChI=1S/C25H34N2O3S/c1-20-11-12-24(18-21(20)2)27(31(3,29)30)15-7-10-25(28)26-16-13-23(14-17-26)19-22-8-5-4-6-9-22/h4-6,8-9,11-12,18,23H,7,10,13-17,19H2,1-3H3. The maximum atomic E-state index is 12.7. The summed E-state index contributed by atoms with van der Waals surface area (Å²) in [6, 6.07) is 16.2. The second-order valence-corrected chi connectivity index (χ2v) is 10.6. The lowest BCUT2D eigenvalue weighted by Crippen LogP contribution is -2.39. The summed E-state index contributed by atoms with van der Waals surface area (Å²) in [7, 11) is -3.40. The first-order valence-electron chi connectivity index (χ1n) is 11.1. The summed E-state index contributed by atoms with van der Waals surface area (Å²) in [5, 5.41) is 0. The maximum Gasteiger partial charge on any atom is 0.232 e. The van der Waals surface area contributed by atoms with E-state index >= 15 is 0 Å². The molecular weight excluding hydrogens is 408 g/mol. The van der Waals surface area contributed by atoms with Gasteiger partial charge in [0.05, 0.1) is 11.9 Å².